The van der Waals surface area contributed by atoms with Gasteiger partial charge in [0.25, 0.3) is 5.91 Å². The number of carbonyl (C=O) groups excluding carboxylic acids is 1. The summed E-state index contributed by atoms with van der Waals surface area (Å²) in [5.74, 6) is -0.414. The SMILES string of the molecule is O=C(NCC1(CCl)CCCC1)c1ccc([N+](=O)[O-])o1. The highest BCUT2D eigenvalue weighted by molar-refractivity contribution is 6.18. The highest BCUT2D eigenvalue weighted by Crippen LogP contribution is 2.38. The van der Waals surface area contributed by atoms with Crippen LogP contribution < -0.4 is 5.32 Å². The molecule has 7 heteroatoms. The number of alkyl halides is 1. The quantitative estimate of drug-likeness (QED) is 0.512. The van der Waals surface area contributed by atoms with E-state index in [2.05, 4.69) is 5.32 Å². The summed E-state index contributed by atoms with van der Waals surface area (Å²) in [5.41, 5.74) is -0.0459. The Morgan fingerprint density at radius 3 is 2.68 bits per heavy atom. The summed E-state index contributed by atoms with van der Waals surface area (Å²) in [6, 6.07) is 2.47. The molecule has 19 heavy (non-hydrogen) atoms. The van der Waals surface area contributed by atoms with Gasteiger partial charge in [-0.15, -0.1) is 11.6 Å². The van der Waals surface area contributed by atoms with Gasteiger partial charge in [-0.1, -0.05) is 12.8 Å². The Morgan fingerprint density at radius 2 is 2.16 bits per heavy atom. The molecule has 104 valence electrons. The Morgan fingerprint density at radius 1 is 1.47 bits per heavy atom. The van der Waals surface area contributed by atoms with Crippen LogP contribution in [0.5, 0.6) is 0 Å². The van der Waals surface area contributed by atoms with E-state index in [1.54, 1.807) is 0 Å². The highest BCUT2D eigenvalue weighted by Gasteiger charge is 2.33. The van der Waals surface area contributed by atoms with Crippen molar-refractivity contribution in [2.24, 2.45) is 5.41 Å². The van der Waals surface area contributed by atoms with Crippen LogP contribution in [0.4, 0.5) is 5.88 Å². The Bertz CT molecular complexity index is 480. The summed E-state index contributed by atoms with van der Waals surface area (Å²) < 4.78 is 4.84. The molecule has 0 bridgehead atoms. The van der Waals surface area contributed by atoms with Gasteiger partial charge in [-0.3, -0.25) is 14.9 Å². The molecule has 1 heterocycles. The molecule has 6 nitrogen and oxygen atoms in total. The van der Waals surface area contributed by atoms with Gasteiger partial charge in [-0.05, 0) is 18.9 Å². The lowest BCUT2D eigenvalue weighted by molar-refractivity contribution is -0.402. The maximum atomic E-state index is 11.8. The number of hydrogen-bond donors (Lipinski definition) is 1. The summed E-state index contributed by atoms with van der Waals surface area (Å²) in [7, 11) is 0. The summed E-state index contributed by atoms with van der Waals surface area (Å²) >= 11 is 5.98. The predicted octanol–water partition coefficient (Wildman–Crippen LogP) is 2.72. The van der Waals surface area contributed by atoms with Gasteiger partial charge in [0.15, 0.2) is 5.76 Å². The van der Waals surface area contributed by atoms with Crippen LogP contribution in [0, 0.1) is 15.5 Å². The zero-order chi connectivity index (χ0) is 13.9. The van der Waals surface area contributed by atoms with Crippen molar-refractivity contribution in [1.29, 1.82) is 0 Å². The van der Waals surface area contributed by atoms with E-state index in [-0.39, 0.29) is 11.2 Å². The molecule has 1 N–H and O–H groups in total. The molecule has 1 aliphatic rings. The topological polar surface area (TPSA) is 85.4 Å². The van der Waals surface area contributed by atoms with Crippen molar-refractivity contribution in [3.63, 3.8) is 0 Å². The first-order valence-corrected chi connectivity index (χ1v) is 6.68. The van der Waals surface area contributed by atoms with E-state index < -0.39 is 16.7 Å². The van der Waals surface area contributed by atoms with Crippen LogP contribution in [0.25, 0.3) is 0 Å². The molecule has 0 aliphatic heterocycles. The number of hydrogen-bond acceptors (Lipinski definition) is 4. The van der Waals surface area contributed by atoms with E-state index in [0.29, 0.717) is 12.4 Å². The maximum absolute atomic E-state index is 11.8. The van der Waals surface area contributed by atoms with Crippen molar-refractivity contribution >= 4 is 23.4 Å². The molecule has 1 aromatic rings. The minimum atomic E-state index is -0.673. The number of halogens is 1. The van der Waals surface area contributed by atoms with Gasteiger partial charge in [0.1, 0.15) is 4.92 Å². The number of furan rings is 1. The second kappa shape index (κ2) is 5.61. The van der Waals surface area contributed by atoms with E-state index in [0.717, 1.165) is 25.7 Å². The normalized spacial score (nSPS) is 17.3. The molecule has 2 rings (SSSR count). The van der Waals surface area contributed by atoms with Crippen molar-refractivity contribution in [1.82, 2.24) is 5.32 Å². The van der Waals surface area contributed by atoms with E-state index in [4.69, 9.17) is 16.0 Å². The fourth-order valence-electron chi connectivity index (χ4n) is 2.39. The van der Waals surface area contributed by atoms with Crippen LogP contribution in [0.2, 0.25) is 0 Å². The van der Waals surface area contributed by atoms with E-state index >= 15 is 0 Å². The lowest BCUT2D eigenvalue weighted by atomic mass is 9.88. The van der Waals surface area contributed by atoms with Gasteiger partial charge in [0.2, 0.25) is 0 Å². The average Bonchev–Trinajstić information content (AvgIpc) is 3.06. The molecule has 0 atom stereocenters. The molecule has 0 radical (unpaired) electrons. The third-order valence-electron chi connectivity index (χ3n) is 3.57. The predicted molar refractivity (Wildman–Crippen MR) is 69.3 cm³/mol. The molecule has 0 spiro atoms. The molecule has 1 saturated carbocycles. The van der Waals surface area contributed by atoms with Crippen LogP contribution in [0.1, 0.15) is 36.2 Å². The zero-order valence-electron chi connectivity index (χ0n) is 10.4. The Kier molecular flexibility index (Phi) is 4.09. The van der Waals surface area contributed by atoms with Crippen LogP contribution in [-0.2, 0) is 0 Å². The van der Waals surface area contributed by atoms with Gasteiger partial charge in [0.05, 0.1) is 6.07 Å². The minimum Gasteiger partial charge on any atom is -0.395 e. The molecular weight excluding hydrogens is 272 g/mol. The van der Waals surface area contributed by atoms with Crippen molar-refractivity contribution in [3.05, 3.63) is 28.0 Å². The Balaban J connectivity index is 1.95. The van der Waals surface area contributed by atoms with Crippen LogP contribution in [0.15, 0.2) is 16.5 Å². The second-order valence-electron chi connectivity index (χ2n) is 4.92. The monoisotopic (exact) mass is 286 g/mol. The van der Waals surface area contributed by atoms with E-state index in [1.165, 1.54) is 12.1 Å². The number of nitrogens with one attached hydrogen (secondary N) is 1. The lowest BCUT2D eigenvalue weighted by Gasteiger charge is -2.26. The standard InChI is InChI=1S/C12H15ClN2O4/c13-7-12(5-1-2-6-12)8-14-11(16)9-3-4-10(19-9)15(17)18/h3-4H,1-2,5-8H2,(H,14,16). The largest absolute Gasteiger partial charge is 0.433 e. The van der Waals surface area contributed by atoms with Crippen molar-refractivity contribution in [2.45, 2.75) is 25.7 Å². The van der Waals surface area contributed by atoms with Crippen LogP contribution in [0.3, 0.4) is 0 Å². The van der Waals surface area contributed by atoms with Crippen molar-refractivity contribution in [2.75, 3.05) is 12.4 Å². The van der Waals surface area contributed by atoms with Gasteiger partial charge in [-0.2, -0.15) is 0 Å². The number of carbonyl (C=O) groups is 1. The van der Waals surface area contributed by atoms with Gasteiger partial charge in [0, 0.05) is 17.8 Å². The third-order valence-corrected chi connectivity index (χ3v) is 4.13. The molecular formula is C12H15ClN2O4. The van der Waals surface area contributed by atoms with Gasteiger partial charge >= 0.3 is 5.88 Å². The van der Waals surface area contributed by atoms with Crippen molar-refractivity contribution < 1.29 is 14.1 Å². The molecule has 1 aromatic heterocycles. The number of rotatable bonds is 5. The molecule has 1 amide bonds. The molecule has 1 aliphatic carbocycles. The van der Waals surface area contributed by atoms with E-state index in [1.807, 2.05) is 0 Å². The average molecular weight is 287 g/mol. The van der Waals surface area contributed by atoms with E-state index in [9.17, 15) is 14.9 Å². The molecule has 0 unspecified atom stereocenters. The molecule has 0 aromatic carbocycles. The van der Waals surface area contributed by atoms with Gasteiger partial charge in [-0.25, -0.2) is 0 Å². The number of amides is 1. The maximum Gasteiger partial charge on any atom is 0.433 e. The lowest BCUT2D eigenvalue weighted by Crippen LogP contribution is -2.37. The van der Waals surface area contributed by atoms with Crippen molar-refractivity contribution in [3.8, 4) is 0 Å². The first kappa shape index (κ1) is 13.9. The minimum absolute atomic E-state index is 0.0459. The summed E-state index contributed by atoms with van der Waals surface area (Å²) in [4.78, 5) is 21.6. The highest BCUT2D eigenvalue weighted by atomic mass is 35.5. The molecule has 1 fully saturated rings. The Hall–Kier alpha value is -1.56. The number of nitrogens with zero attached hydrogens (tertiary/aromatic N) is 1. The first-order chi connectivity index (χ1) is 9.06. The molecule has 0 saturated heterocycles. The number of nitro groups is 1. The zero-order valence-corrected chi connectivity index (χ0v) is 11.1. The summed E-state index contributed by atoms with van der Waals surface area (Å²) in [6.45, 7) is 0.476. The van der Waals surface area contributed by atoms with Gasteiger partial charge < -0.3 is 9.73 Å². The third kappa shape index (κ3) is 3.07. The fraction of sp³-hybridized carbons (Fsp3) is 0.583. The smallest absolute Gasteiger partial charge is 0.395 e. The summed E-state index contributed by atoms with van der Waals surface area (Å²) in [5, 5.41) is 13.2. The Labute approximate surface area is 115 Å². The second-order valence-corrected chi connectivity index (χ2v) is 5.19. The van der Waals surface area contributed by atoms with Crippen LogP contribution >= 0.6 is 11.6 Å². The first-order valence-electron chi connectivity index (χ1n) is 6.15. The summed E-state index contributed by atoms with van der Waals surface area (Å²) in [6.07, 6.45) is 4.23. The van der Waals surface area contributed by atoms with Crippen LogP contribution in [-0.4, -0.2) is 23.3 Å². The fourth-order valence-corrected chi connectivity index (χ4v) is 2.75.